The molecule has 110 valence electrons. The van der Waals surface area contributed by atoms with Crippen LogP contribution in [0, 0.1) is 11.2 Å². The summed E-state index contributed by atoms with van der Waals surface area (Å²) in [6.07, 6.45) is 3.64. The summed E-state index contributed by atoms with van der Waals surface area (Å²) in [5, 5.41) is 6.18. The predicted octanol–water partition coefficient (Wildman–Crippen LogP) is 3.59. The number of carbonyl (C=O) groups excluding carboxylic acids is 1. The number of benzene rings is 1. The van der Waals surface area contributed by atoms with Gasteiger partial charge in [-0.15, -0.1) is 0 Å². The normalized spacial score (nSPS) is 22.6. The molecule has 2 N–H and O–H groups in total. The van der Waals surface area contributed by atoms with Gasteiger partial charge in [-0.2, -0.15) is 0 Å². The highest BCUT2D eigenvalue weighted by molar-refractivity contribution is 6.30. The zero-order chi connectivity index (χ0) is 14.6. The van der Waals surface area contributed by atoms with Crippen molar-refractivity contribution < 1.29 is 9.18 Å². The number of piperidine rings is 1. The molecular formula is C15H20ClFN2O. The summed E-state index contributed by atoms with van der Waals surface area (Å²) in [6, 6.07) is 4.34. The maximum atomic E-state index is 13.4. The van der Waals surface area contributed by atoms with Crippen molar-refractivity contribution in [2.24, 2.45) is 5.41 Å². The van der Waals surface area contributed by atoms with Crippen LogP contribution in [0.15, 0.2) is 18.2 Å². The van der Waals surface area contributed by atoms with Crippen molar-refractivity contribution in [2.45, 2.75) is 32.6 Å². The fourth-order valence-corrected chi connectivity index (χ4v) is 2.92. The summed E-state index contributed by atoms with van der Waals surface area (Å²) < 4.78 is 13.4. The fraction of sp³-hybridized carbons (Fsp3) is 0.533. The van der Waals surface area contributed by atoms with Crippen LogP contribution >= 0.6 is 11.6 Å². The van der Waals surface area contributed by atoms with E-state index in [0.717, 1.165) is 32.2 Å². The van der Waals surface area contributed by atoms with Gasteiger partial charge in [-0.25, -0.2) is 4.39 Å². The Balaban J connectivity index is 2.13. The molecule has 1 fully saturated rings. The molecule has 5 heteroatoms. The largest absolute Gasteiger partial charge is 0.325 e. The van der Waals surface area contributed by atoms with Gasteiger partial charge in [0.05, 0.1) is 10.4 Å². The minimum atomic E-state index is -0.518. The zero-order valence-electron chi connectivity index (χ0n) is 11.6. The van der Waals surface area contributed by atoms with Gasteiger partial charge < -0.3 is 10.6 Å². The topological polar surface area (TPSA) is 41.1 Å². The van der Waals surface area contributed by atoms with E-state index in [1.54, 1.807) is 6.07 Å². The summed E-state index contributed by atoms with van der Waals surface area (Å²) in [5.41, 5.74) is 0.0706. The summed E-state index contributed by atoms with van der Waals surface area (Å²) in [6.45, 7) is 3.71. The maximum absolute atomic E-state index is 13.4. The molecule has 0 radical (unpaired) electrons. The fourth-order valence-electron chi connectivity index (χ4n) is 2.80. The van der Waals surface area contributed by atoms with Crippen molar-refractivity contribution >= 4 is 23.2 Å². The Morgan fingerprint density at radius 1 is 1.55 bits per heavy atom. The first kappa shape index (κ1) is 15.3. The lowest BCUT2D eigenvalue weighted by atomic mass is 9.76. The molecule has 3 nitrogen and oxygen atoms in total. The SMILES string of the molecule is CCCC1(C(=O)Nc2ccc(Cl)c(F)c2)CCCNC1. The van der Waals surface area contributed by atoms with Gasteiger partial charge in [-0.05, 0) is 44.0 Å². The first-order chi connectivity index (χ1) is 9.57. The van der Waals surface area contributed by atoms with Gasteiger partial charge in [0.2, 0.25) is 5.91 Å². The second kappa shape index (κ2) is 6.55. The molecule has 2 rings (SSSR count). The molecule has 1 unspecified atom stereocenters. The van der Waals surface area contributed by atoms with E-state index in [1.807, 2.05) is 0 Å². The lowest BCUT2D eigenvalue weighted by Crippen LogP contribution is -2.48. The van der Waals surface area contributed by atoms with Crippen molar-refractivity contribution in [3.63, 3.8) is 0 Å². The summed E-state index contributed by atoms with van der Waals surface area (Å²) in [7, 11) is 0. The Hall–Kier alpha value is -1.13. The molecule has 1 aromatic carbocycles. The Kier molecular flexibility index (Phi) is 5.00. The highest BCUT2D eigenvalue weighted by Crippen LogP contribution is 2.33. The van der Waals surface area contributed by atoms with E-state index < -0.39 is 5.82 Å². The Labute approximate surface area is 123 Å². The highest BCUT2D eigenvalue weighted by atomic mass is 35.5. The molecule has 0 aliphatic carbocycles. The van der Waals surface area contributed by atoms with Crippen LogP contribution < -0.4 is 10.6 Å². The number of anilines is 1. The third kappa shape index (κ3) is 3.30. The zero-order valence-corrected chi connectivity index (χ0v) is 12.4. The monoisotopic (exact) mass is 298 g/mol. The number of nitrogens with one attached hydrogen (secondary N) is 2. The molecule has 0 saturated carbocycles. The standard InChI is InChI=1S/C15H20ClFN2O/c1-2-6-15(7-3-8-18-10-15)14(20)19-11-4-5-12(16)13(17)9-11/h4-5,9,18H,2-3,6-8,10H2,1H3,(H,19,20). The first-order valence-electron chi connectivity index (χ1n) is 7.04. The molecule has 1 saturated heterocycles. The van der Waals surface area contributed by atoms with Gasteiger partial charge in [0.25, 0.3) is 0 Å². The van der Waals surface area contributed by atoms with Gasteiger partial charge in [-0.1, -0.05) is 24.9 Å². The smallest absolute Gasteiger partial charge is 0.231 e. The van der Waals surface area contributed by atoms with E-state index in [9.17, 15) is 9.18 Å². The Morgan fingerprint density at radius 2 is 2.35 bits per heavy atom. The van der Waals surface area contributed by atoms with E-state index in [4.69, 9.17) is 11.6 Å². The van der Waals surface area contributed by atoms with Crippen LogP contribution in [-0.4, -0.2) is 19.0 Å². The minimum absolute atomic E-state index is 0.0340. The number of hydrogen-bond donors (Lipinski definition) is 2. The second-order valence-electron chi connectivity index (χ2n) is 5.39. The molecule has 1 atom stereocenters. The van der Waals surface area contributed by atoms with E-state index in [0.29, 0.717) is 12.2 Å². The molecule has 0 bridgehead atoms. The van der Waals surface area contributed by atoms with Gasteiger partial charge in [0, 0.05) is 12.2 Å². The van der Waals surface area contributed by atoms with Crippen LogP contribution in [-0.2, 0) is 4.79 Å². The van der Waals surface area contributed by atoms with E-state index >= 15 is 0 Å². The summed E-state index contributed by atoms with van der Waals surface area (Å²) >= 11 is 5.65. The third-order valence-corrected chi connectivity index (χ3v) is 4.17. The average molecular weight is 299 g/mol. The highest BCUT2D eigenvalue weighted by Gasteiger charge is 2.38. The molecule has 0 aromatic heterocycles. The van der Waals surface area contributed by atoms with Crippen LogP contribution in [0.5, 0.6) is 0 Å². The Morgan fingerprint density at radius 3 is 2.95 bits per heavy atom. The van der Waals surface area contributed by atoms with Crippen molar-refractivity contribution in [1.29, 1.82) is 0 Å². The lowest BCUT2D eigenvalue weighted by Gasteiger charge is -2.36. The molecule has 1 aromatic rings. The Bertz CT molecular complexity index is 481. The first-order valence-corrected chi connectivity index (χ1v) is 7.42. The maximum Gasteiger partial charge on any atom is 0.231 e. The average Bonchev–Trinajstić information content (AvgIpc) is 2.44. The third-order valence-electron chi connectivity index (χ3n) is 3.86. The van der Waals surface area contributed by atoms with Crippen molar-refractivity contribution in [3.05, 3.63) is 29.0 Å². The molecule has 1 aliphatic rings. The van der Waals surface area contributed by atoms with Gasteiger partial charge in [-0.3, -0.25) is 4.79 Å². The number of halogens is 2. The molecule has 1 aliphatic heterocycles. The summed E-state index contributed by atoms with van der Waals surface area (Å²) in [5.74, 6) is -0.552. The van der Waals surface area contributed by atoms with Crippen LogP contribution in [0.4, 0.5) is 10.1 Å². The molecule has 1 amide bonds. The number of amides is 1. The van der Waals surface area contributed by atoms with E-state index in [2.05, 4.69) is 17.6 Å². The summed E-state index contributed by atoms with van der Waals surface area (Å²) in [4.78, 5) is 12.6. The number of carbonyl (C=O) groups is 1. The van der Waals surface area contributed by atoms with Crippen LogP contribution in [0.25, 0.3) is 0 Å². The second-order valence-corrected chi connectivity index (χ2v) is 5.80. The van der Waals surface area contributed by atoms with Crippen molar-refractivity contribution in [3.8, 4) is 0 Å². The van der Waals surface area contributed by atoms with E-state index in [1.165, 1.54) is 12.1 Å². The number of hydrogen-bond acceptors (Lipinski definition) is 2. The minimum Gasteiger partial charge on any atom is -0.325 e. The van der Waals surface area contributed by atoms with Crippen LogP contribution in [0.2, 0.25) is 5.02 Å². The van der Waals surface area contributed by atoms with Gasteiger partial charge >= 0.3 is 0 Å². The van der Waals surface area contributed by atoms with Gasteiger partial charge in [0.15, 0.2) is 0 Å². The molecule has 0 spiro atoms. The van der Waals surface area contributed by atoms with Crippen LogP contribution in [0.1, 0.15) is 32.6 Å². The van der Waals surface area contributed by atoms with Crippen molar-refractivity contribution in [1.82, 2.24) is 5.32 Å². The van der Waals surface area contributed by atoms with Gasteiger partial charge in [0.1, 0.15) is 5.82 Å². The van der Waals surface area contributed by atoms with Crippen molar-refractivity contribution in [2.75, 3.05) is 18.4 Å². The lowest BCUT2D eigenvalue weighted by molar-refractivity contribution is -0.127. The number of rotatable bonds is 4. The molecule has 1 heterocycles. The van der Waals surface area contributed by atoms with Crippen LogP contribution in [0.3, 0.4) is 0 Å². The molecule has 20 heavy (non-hydrogen) atoms. The predicted molar refractivity (Wildman–Crippen MR) is 79.5 cm³/mol. The quantitative estimate of drug-likeness (QED) is 0.892. The van der Waals surface area contributed by atoms with E-state index in [-0.39, 0.29) is 16.3 Å². The molecular weight excluding hydrogens is 279 g/mol.